The van der Waals surface area contributed by atoms with Crippen LogP contribution in [0, 0.1) is 0 Å². The average Bonchev–Trinajstić information content (AvgIpc) is 2.67. The van der Waals surface area contributed by atoms with Crippen molar-refractivity contribution in [2.45, 2.75) is 45.8 Å². The Morgan fingerprint density at radius 2 is 2.05 bits per heavy atom. The van der Waals surface area contributed by atoms with Crippen molar-refractivity contribution in [3.8, 4) is 0 Å². The molecule has 0 aliphatic carbocycles. The number of nitrogens with one attached hydrogen (secondary N) is 1. The van der Waals surface area contributed by atoms with Crippen molar-refractivity contribution in [3.05, 3.63) is 33.8 Å². The molecule has 0 unspecified atom stereocenters. The van der Waals surface area contributed by atoms with Gasteiger partial charge in [0, 0.05) is 35.4 Å². The molecule has 1 aliphatic rings. The van der Waals surface area contributed by atoms with Crippen molar-refractivity contribution in [1.29, 1.82) is 0 Å². The number of thioether (sulfide) groups is 1. The van der Waals surface area contributed by atoms with E-state index in [1.807, 2.05) is 0 Å². The zero-order chi connectivity index (χ0) is 15.3. The van der Waals surface area contributed by atoms with Gasteiger partial charge < -0.3 is 5.32 Å². The predicted octanol–water partition coefficient (Wildman–Crippen LogP) is 4.28. The van der Waals surface area contributed by atoms with Crippen molar-refractivity contribution in [3.63, 3.8) is 0 Å². The van der Waals surface area contributed by atoms with E-state index in [0.29, 0.717) is 0 Å². The Bertz CT molecular complexity index is 449. The van der Waals surface area contributed by atoms with Crippen molar-refractivity contribution in [2.24, 2.45) is 0 Å². The van der Waals surface area contributed by atoms with Gasteiger partial charge in [-0.3, -0.25) is 4.90 Å². The summed E-state index contributed by atoms with van der Waals surface area (Å²) in [5.41, 5.74) is 2.91. The lowest BCUT2D eigenvalue weighted by atomic mass is 10.1. The number of halogens is 1. The molecular formula is C17H27BrN2S. The smallest absolute Gasteiger partial charge is 0.0245 e. The van der Waals surface area contributed by atoms with Gasteiger partial charge in [-0.1, -0.05) is 28.1 Å². The van der Waals surface area contributed by atoms with Gasteiger partial charge in [0.05, 0.1) is 0 Å². The molecule has 21 heavy (non-hydrogen) atoms. The Morgan fingerprint density at radius 1 is 1.24 bits per heavy atom. The zero-order valence-corrected chi connectivity index (χ0v) is 15.8. The summed E-state index contributed by atoms with van der Waals surface area (Å²) in [7, 11) is 0. The fraction of sp³-hybridized carbons (Fsp3) is 0.647. The highest BCUT2D eigenvalue weighted by Crippen LogP contribution is 2.22. The minimum atomic E-state index is 0.162. The quantitative estimate of drug-likeness (QED) is 0.851. The predicted molar refractivity (Wildman–Crippen MR) is 98.0 cm³/mol. The lowest BCUT2D eigenvalue weighted by Gasteiger charge is -2.22. The van der Waals surface area contributed by atoms with Crippen LogP contribution in [0.2, 0.25) is 0 Å². The largest absolute Gasteiger partial charge is 0.308 e. The monoisotopic (exact) mass is 370 g/mol. The van der Waals surface area contributed by atoms with Crippen LogP contribution in [0.1, 0.15) is 38.3 Å². The Hall–Kier alpha value is -0.0300. The summed E-state index contributed by atoms with van der Waals surface area (Å²) in [5.74, 6) is 2.58. The summed E-state index contributed by atoms with van der Waals surface area (Å²) in [6.07, 6.45) is 1.32. The first-order chi connectivity index (χ1) is 9.94. The second-order valence-corrected chi connectivity index (χ2v) is 8.85. The normalized spacial score (nSPS) is 17.7. The Morgan fingerprint density at radius 3 is 2.76 bits per heavy atom. The minimum Gasteiger partial charge on any atom is -0.308 e. The maximum Gasteiger partial charge on any atom is 0.0245 e. The number of rotatable bonds is 4. The van der Waals surface area contributed by atoms with Gasteiger partial charge in [0.15, 0.2) is 0 Å². The van der Waals surface area contributed by atoms with Gasteiger partial charge >= 0.3 is 0 Å². The summed E-state index contributed by atoms with van der Waals surface area (Å²) in [6, 6.07) is 6.80. The molecule has 0 spiro atoms. The summed E-state index contributed by atoms with van der Waals surface area (Å²) < 4.78 is 1.24. The molecule has 0 radical (unpaired) electrons. The maximum absolute atomic E-state index is 3.75. The van der Waals surface area contributed by atoms with E-state index in [-0.39, 0.29) is 5.54 Å². The minimum absolute atomic E-state index is 0.162. The molecule has 118 valence electrons. The van der Waals surface area contributed by atoms with Crippen LogP contribution >= 0.6 is 27.7 Å². The van der Waals surface area contributed by atoms with Crippen LogP contribution in [-0.4, -0.2) is 35.0 Å². The van der Waals surface area contributed by atoms with Crippen molar-refractivity contribution < 1.29 is 0 Å². The topological polar surface area (TPSA) is 15.3 Å². The number of nitrogens with zero attached hydrogens (tertiary/aromatic N) is 1. The Balaban J connectivity index is 1.95. The van der Waals surface area contributed by atoms with E-state index in [1.165, 1.54) is 46.6 Å². The molecule has 0 saturated carbocycles. The van der Waals surface area contributed by atoms with E-state index in [1.54, 1.807) is 0 Å². The second kappa shape index (κ2) is 8.00. The third kappa shape index (κ3) is 6.31. The molecule has 1 aromatic rings. The SMILES string of the molecule is CC(C)(C)NCc1ccc(CN2CCCSCC2)c(Br)c1. The van der Waals surface area contributed by atoms with Gasteiger partial charge in [-0.2, -0.15) is 11.8 Å². The van der Waals surface area contributed by atoms with E-state index >= 15 is 0 Å². The highest BCUT2D eigenvalue weighted by Gasteiger charge is 2.12. The number of hydrogen-bond donors (Lipinski definition) is 1. The molecule has 1 N–H and O–H groups in total. The third-order valence-electron chi connectivity index (χ3n) is 3.65. The van der Waals surface area contributed by atoms with Crippen molar-refractivity contribution in [2.75, 3.05) is 24.6 Å². The van der Waals surface area contributed by atoms with Crippen LogP contribution < -0.4 is 5.32 Å². The number of benzene rings is 1. The molecule has 1 saturated heterocycles. The summed E-state index contributed by atoms with van der Waals surface area (Å²) in [6.45, 7) is 11.0. The molecule has 1 fully saturated rings. The summed E-state index contributed by atoms with van der Waals surface area (Å²) >= 11 is 5.84. The van der Waals surface area contributed by atoms with Gasteiger partial charge in [0.25, 0.3) is 0 Å². The molecular weight excluding hydrogens is 344 g/mol. The Labute approximate surface area is 142 Å². The number of hydrogen-bond acceptors (Lipinski definition) is 3. The highest BCUT2D eigenvalue weighted by molar-refractivity contribution is 9.10. The van der Waals surface area contributed by atoms with Crippen LogP contribution in [0.5, 0.6) is 0 Å². The van der Waals surface area contributed by atoms with E-state index in [0.717, 1.165) is 13.1 Å². The molecule has 0 aromatic heterocycles. The van der Waals surface area contributed by atoms with E-state index in [4.69, 9.17) is 0 Å². The van der Waals surface area contributed by atoms with Crippen LogP contribution in [-0.2, 0) is 13.1 Å². The molecule has 1 aromatic carbocycles. The summed E-state index contributed by atoms with van der Waals surface area (Å²) in [5, 5.41) is 3.54. The highest BCUT2D eigenvalue weighted by atomic mass is 79.9. The van der Waals surface area contributed by atoms with Crippen LogP contribution in [0.25, 0.3) is 0 Å². The fourth-order valence-electron chi connectivity index (χ4n) is 2.39. The molecule has 1 heterocycles. The van der Waals surface area contributed by atoms with Crippen LogP contribution in [0.4, 0.5) is 0 Å². The second-order valence-electron chi connectivity index (χ2n) is 6.77. The van der Waals surface area contributed by atoms with Gasteiger partial charge in [-0.25, -0.2) is 0 Å². The molecule has 0 atom stereocenters. The van der Waals surface area contributed by atoms with E-state index < -0.39 is 0 Å². The van der Waals surface area contributed by atoms with Gasteiger partial charge in [-0.05, 0) is 56.7 Å². The summed E-state index contributed by atoms with van der Waals surface area (Å²) in [4.78, 5) is 2.58. The average molecular weight is 371 g/mol. The lowest BCUT2D eigenvalue weighted by Crippen LogP contribution is -2.35. The first-order valence-electron chi connectivity index (χ1n) is 7.76. The van der Waals surface area contributed by atoms with Gasteiger partial charge in [0.2, 0.25) is 0 Å². The van der Waals surface area contributed by atoms with Crippen LogP contribution in [0.3, 0.4) is 0 Å². The molecule has 2 rings (SSSR count). The molecule has 0 amide bonds. The van der Waals surface area contributed by atoms with Crippen molar-refractivity contribution in [1.82, 2.24) is 10.2 Å². The lowest BCUT2D eigenvalue weighted by molar-refractivity contribution is 0.287. The fourth-order valence-corrected chi connectivity index (χ4v) is 3.87. The van der Waals surface area contributed by atoms with Crippen LogP contribution in [0.15, 0.2) is 22.7 Å². The van der Waals surface area contributed by atoms with Crippen molar-refractivity contribution >= 4 is 27.7 Å². The van der Waals surface area contributed by atoms with E-state index in [2.05, 4.69) is 76.9 Å². The molecule has 2 nitrogen and oxygen atoms in total. The molecule has 1 aliphatic heterocycles. The molecule has 4 heteroatoms. The Kier molecular flexibility index (Phi) is 6.60. The first kappa shape index (κ1) is 17.3. The van der Waals surface area contributed by atoms with Gasteiger partial charge in [-0.15, -0.1) is 0 Å². The zero-order valence-electron chi connectivity index (χ0n) is 13.4. The first-order valence-corrected chi connectivity index (χ1v) is 9.71. The maximum atomic E-state index is 3.75. The van der Waals surface area contributed by atoms with Gasteiger partial charge in [0.1, 0.15) is 0 Å². The third-order valence-corrected chi connectivity index (χ3v) is 5.44. The standard InChI is InChI=1S/C17H27BrN2S/c1-17(2,3)19-12-14-5-6-15(16(18)11-14)13-20-7-4-9-21-10-8-20/h5-6,11,19H,4,7-10,12-13H2,1-3H3. The molecule has 0 bridgehead atoms. The van der Waals surface area contributed by atoms with E-state index in [9.17, 15) is 0 Å².